The molecule has 36 valence electrons. The molecule has 0 saturated carbocycles. The van der Waals surface area contributed by atoms with E-state index in [0.717, 1.165) is 0 Å². The van der Waals surface area contributed by atoms with Crippen LogP contribution in [0, 0.1) is 0 Å². The van der Waals surface area contributed by atoms with Gasteiger partial charge in [0.25, 0.3) is 0 Å². The van der Waals surface area contributed by atoms with Gasteiger partial charge in [0, 0.05) is 16.4 Å². The van der Waals surface area contributed by atoms with Crippen LogP contribution in [-0.4, -0.2) is 20.0 Å². The molecule has 0 radical (unpaired) electrons. The summed E-state index contributed by atoms with van der Waals surface area (Å²) in [6.07, 6.45) is 0. The van der Waals surface area contributed by atoms with Crippen LogP contribution in [0.2, 0.25) is 0 Å². The zero-order valence-corrected chi connectivity index (χ0v) is 6.13. The summed E-state index contributed by atoms with van der Waals surface area (Å²) in [5, 5.41) is 0. The molecule has 0 aliphatic heterocycles. The van der Waals surface area contributed by atoms with Crippen molar-refractivity contribution in [3.05, 3.63) is 0 Å². The van der Waals surface area contributed by atoms with E-state index in [4.69, 9.17) is 0 Å². The van der Waals surface area contributed by atoms with Gasteiger partial charge in [0.1, 0.15) is 0 Å². The summed E-state index contributed by atoms with van der Waals surface area (Å²) in [5.74, 6) is 0. The van der Waals surface area contributed by atoms with Crippen molar-refractivity contribution in [1.29, 1.82) is 0 Å². The molecule has 1 nitrogen and oxygen atoms in total. The Bertz CT molecular complexity index is 50.8. The van der Waals surface area contributed by atoms with Crippen molar-refractivity contribution in [2.75, 3.05) is 20.0 Å². The lowest BCUT2D eigenvalue weighted by atomic mass is 11.9. The molecule has 0 amide bonds. The van der Waals surface area contributed by atoms with Gasteiger partial charge in [-0.15, -0.1) is 0 Å². The van der Waals surface area contributed by atoms with Crippen LogP contribution >= 0.6 is 16.4 Å². The van der Waals surface area contributed by atoms with Gasteiger partial charge in [-0.2, -0.15) is 0 Å². The van der Waals surface area contributed by atoms with Gasteiger partial charge >= 0.3 is 0 Å². The summed E-state index contributed by atoms with van der Waals surface area (Å²) in [6, 6.07) is 0. The highest BCUT2D eigenvalue weighted by Crippen LogP contribution is 2.29. The van der Waals surface area contributed by atoms with Gasteiger partial charge in [0.05, 0.1) is 0 Å². The summed E-state index contributed by atoms with van der Waals surface area (Å²) in [5.41, 5.74) is 0. The van der Waals surface area contributed by atoms with Crippen LogP contribution in [0.1, 0.15) is 0 Å². The van der Waals surface area contributed by atoms with Crippen molar-refractivity contribution in [2.45, 2.75) is 0 Å². The minimum Gasteiger partial charge on any atom is -0.246 e. The Balaban J connectivity index is 3.03. The first-order valence-corrected chi connectivity index (χ1v) is 5.22. The highest BCUT2D eigenvalue weighted by atomic mass is 31.2. The quantitative estimate of drug-likeness (QED) is 0.472. The van der Waals surface area contributed by atoms with Gasteiger partial charge in [-0.1, -0.05) is 0 Å². The Morgan fingerprint density at radius 1 is 1.50 bits per heavy atom. The maximum atomic E-state index is 4.16. The maximum Gasteiger partial charge on any atom is 0.0142 e. The zero-order valence-electron chi connectivity index (χ0n) is 4.34. The van der Waals surface area contributed by atoms with E-state index in [9.17, 15) is 0 Å². The maximum absolute atomic E-state index is 4.16. The van der Waals surface area contributed by atoms with Gasteiger partial charge in [0.2, 0.25) is 0 Å². The third-order valence-corrected chi connectivity index (χ3v) is 2.41. The Labute approximate surface area is 41.8 Å². The predicted molar refractivity (Wildman–Crippen MR) is 34.0 cm³/mol. The second-order valence-electron chi connectivity index (χ2n) is 1.14. The molecule has 0 bridgehead atoms. The van der Waals surface area contributed by atoms with Crippen LogP contribution in [0.25, 0.3) is 0 Å². The van der Waals surface area contributed by atoms with E-state index in [0.29, 0.717) is 0 Å². The fraction of sp³-hybridized carbons (Fsp3) is 1.00. The largest absolute Gasteiger partial charge is 0.246 e. The van der Waals surface area contributed by atoms with Crippen LogP contribution in [0.5, 0.6) is 0 Å². The Morgan fingerprint density at radius 3 is 2.00 bits per heavy atom. The second-order valence-corrected chi connectivity index (χ2v) is 3.95. The zero-order chi connectivity index (χ0) is 4.99. The molecule has 0 aromatic carbocycles. The lowest BCUT2D eigenvalue weighted by molar-refractivity contribution is 1.92. The third kappa shape index (κ3) is 4.53. The molecule has 0 aromatic heterocycles. The fourth-order valence-electron chi connectivity index (χ4n) is 0.179. The lowest BCUT2D eigenvalue weighted by Gasteiger charge is -1.87. The minimum absolute atomic E-state index is 0.0121. The topological polar surface area (TPSA) is 12.4 Å². The monoisotopic (exact) mass is 121 g/mol. The Hall–Kier alpha value is 0.530. The van der Waals surface area contributed by atoms with Crippen LogP contribution in [-0.2, 0) is 0 Å². The van der Waals surface area contributed by atoms with Gasteiger partial charge in [-0.3, -0.25) is 0 Å². The molecule has 0 N–H and O–H groups in total. The first-order valence-electron chi connectivity index (χ1n) is 1.74. The van der Waals surface area contributed by atoms with Crippen LogP contribution in [0.15, 0.2) is 4.52 Å². The number of hydrogen-bond acceptors (Lipinski definition) is 1. The molecule has 0 rings (SSSR count). The van der Waals surface area contributed by atoms with Crippen molar-refractivity contribution >= 4 is 16.4 Å². The van der Waals surface area contributed by atoms with E-state index < -0.39 is 0 Å². The minimum atomic E-state index is 0.0121. The molecular formula is C3H9NP2. The highest BCUT2D eigenvalue weighted by Gasteiger charge is 1.76. The fourth-order valence-corrected chi connectivity index (χ4v) is 1.61. The number of hydrogen-bond donors (Lipinski definition) is 0. The third-order valence-electron chi connectivity index (χ3n) is 0.268. The summed E-state index contributed by atoms with van der Waals surface area (Å²) < 4.78 is 4.16. The molecule has 0 unspecified atom stereocenters. The van der Waals surface area contributed by atoms with Gasteiger partial charge in [-0.25, -0.2) is 4.52 Å². The summed E-state index contributed by atoms with van der Waals surface area (Å²) >= 11 is 0. The van der Waals surface area contributed by atoms with E-state index >= 15 is 0 Å². The van der Waals surface area contributed by atoms with Gasteiger partial charge < -0.3 is 0 Å². The SMILES string of the molecule is CP=NP(C)C. The number of nitrogens with zero attached hydrogens (tertiary/aromatic N) is 1. The number of rotatable bonds is 1. The highest BCUT2D eigenvalue weighted by molar-refractivity contribution is 7.58. The molecule has 0 fully saturated rings. The van der Waals surface area contributed by atoms with Crippen LogP contribution in [0.3, 0.4) is 0 Å². The van der Waals surface area contributed by atoms with E-state index in [1.165, 1.54) is 8.37 Å². The van der Waals surface area contributed by atoms with E-state index in [1.807, 2.05) is 6.66 Å². The smallest absolute Gasteiger partial charge is 0.0142 e. The van der Waals surface area contributed by atoms with E-state index in [1.54, 1.807) is 0 Å². The Morgan fingerprint density at radius 2 is 2.00 bits per heavy atom. The Kier molecular flexibility index (Phi) is 4.04. The average Bonchev–Trinajstić information content (AvgIpc) is 1.35. The predicted octanol–water partition coefficient (Wildman–Crippen LogP) is 2.40. The molecular weight excluding hydrogens is 112 g/mol. The van der Waals surface area contributed by atoms with Crippen LogP contribution < -0.4 is 0 Å². The molecule has 0 aliphatic rings. The molecule has 0 atom stereocenters. The van der Waals surface area contributed by atoms with Crippen molar-refractivity contribution in [3.8, 4) is 0 Å². The average molecular weight is 121 g/mol. The van der Waals surface area contributed by atoms with Crippen molar-refractivity contribution in [2.24, 2.45) is 4.52 Å². The lowest BCUT2D eigenvalue weighted by Crippen LogP contribution is -1.47. The summed E-state index contributed by atoms with van der Waals surface area (Å²) in [4.78, 5) is 0. The van der Waals surface area contributed by atoms with Crippen molar-refractivity contribution in [1.82, 2.24) is 0 Å². The summed E-state index contributed by atoms with van der Waals surface area (Å²) in [6.45, 7) is 6.33. The van der Waals surface area contributed by atoms with Crippen molar-refractivity contribution in [3.63, 3.8) is 0 Å². The summed E-state index contributed by atoms with van der Waals surface area (Å²) in [7, 11) is 1.19. The van der Waals surface area contributed by atoms with Gasteiger partial charge in [-0.05, 0) is 20.0 Å². The van der Waals surface area contributed by atoms with Gasteiger partial charge in [0.15, 0.2) is 0 Å². The molecule has 0 heterocycles. The molecule has 0 aromatic rings. The standard InChI is InChI=1S/C3H9NP2/c1-5-4-6(2)3/h1-3H3. The van der Waals surface area contributed by atoms with Crippen LogP contribution in [0.4, 0.5) is 0 Å². The van der Waals surface area contributed by atoms with E-state index in [-0.39, 0.29) is 8.07 Å². The first-order chi connectivity index (χ1) is 2.77. The molecule has 0 aliphatic carbocycles. The molecule has 3 heteroatoms. The normalized spacial score (nSPS) is 11.3. The molecule has 0 spiro atoms. The van der Waals surface area contributed by atoms with Crippen molar-refractivity contribution < 1.29 is 0 Å². The molecule has 6 heavy (non-hydrogen) atoms. The molecule has 0 saturated heterocycles. The van der Waals surface area contributed by atoms with E-state index in [2.05, 4.69) is 17.8 Å². The second kappa shape index (κ2) is 3.71. The first kappa shape index (κ1) is 6.53.